The molecule has 0 unspecified atom stereocenters. The summed E-state index contributed by atoms with van der Waals surface area (Å²) in [4.78, 5) is 2.35. The summed E-state index contributed by atoms with van der Waals surface area (Å²) in [6.45, 7) is 8.40. The van der Waals surface area contributed by atoms with E-state index in [1.165, 1.54) is 108 Å². The summed E-state index contributed by atoms with van der Waals surface area (Å²) in [6.07, 6.45) is 24.8. The quantitative estimate of drug-likeness (QED) is 0.189. The van der Waals surface area contributed by atoms with Gasteiger partial charge in [0.15, 0.2) is 0 Å². The van der Waals surface area contributed by atoms with E-state index in [-0.39, 0.29) is 12.4 Å². The Morgan fingerprint density at radius 2 is 1.07 bits per heavy atom. The SMILES string of the molecule is C=CN(CCCCCCCCCCCCCCCCCC)Cc1ccccc1.Cl. The molecule has 0 aliphatic heterocycles. The molecule has 0 N–H and O–H groups in total. The summed E-state index contributed by atoms with van der Waals surface area (Å²) in [5.74, 6) is 0. The molecule has 0 saturated carbocycles. The number of nitrogens with zero attached hydrogens (tertiary/aromatic N) is 1. The highest BCUT2D eigenvalue weighted by Crippen LogP contribution is 2.14. The van der Waals surface area contributed by atoms with Crippen molar-refractivity contribution < 1.29 is 0 Å². The van der Waals surface area contributed by atoms with Crippen LogP contribution in [0.2, 0.25) is 0 Å². The standard InChI is InChI=1S/C27H47N.ClH/c1-3-5-6-7-8-9-10-11-12-13-14-15-16-17-18-22-25-28(4-2)26-27-23-20-19-21-24-27;/h4,19-21,23-24H,2-3,5-18,22,25-26H2,1H3;1H. The highest BCUT2D eigenvalue weighted by Gasteiger charge is 2.00. The average molecular weight is 422 g/mol. The van der Waals surface area contributed by atoms with Crippen molar-refractivity contribution in [2.75, 3.05) is 6.54 Å². The molecule has 1 nitrogen and oxygen atoms in total. The first-order valence-electron chi connectivity index (χ1n) is 12.3. The van der Waals surface area contributed by atoms with Crippen LogP contribution in [0.4, 0.5) is 0 Å². The van der Waals surface area contributed by atoms with Gasteiger partial charge in [0.25, 0.3) is 0 Å². The molecule has 1 aromatic carbocycles. The molecule has 1 rings (SSSR count). The van der Waals surface area contributed by atoms with Gasteiger partial charge in [-0.3, -0.25) is 0 Å². The molecule has 29 heavy (non-hydrogen) atoms. The van der Waals surface area contributed by atoms with Gasteiger partial charge in [-0.25, -0.2) is 0 Å². The van der Waals surface area contributed by atoms with Crippen LogP contribution in [0.25, 0.3) is 0 Å². The van der Waals surface area contributed by atoms with Crippen molar-refractivity contribution >= 4 is 12.4 Å². The van der Waals surface area contributed by atoms with Gasteiger partial charge >= 0.3 is 0 Å². The first-order chi connectivity index (χ1) is 13.9. The van der Waals surface area contributed by atoms with Crippen molar-refractivity contribution in [3.63, 3.8) is 0 Å². The molecule has 0 bridgehead atoms. The normalized spacial score (nSPS) is 10.5. The van der Waals surface area contributed by atoms with Gasteiger partial charge in [-0.15, -0.1) is 12.4 Å². The minimum absolute atomic E-state index is 0. The van der Waals surface area contributed by atoms with Gasteiger partial charge in [-0.05, 0) is 18.2 Å². The van der Waals surface area contributed by atoms with E-state index in [1.54, 1.807) is 0 Å². The maximum Gasteiger partial charge on any atom is 0.0423 e. The average Bonchev–Trinajstić information content (AvgIpc) is 2.73. The fourth-order valence-corrected chi connectivity index (χ4v) is 3.92. The van der Waals surface area contributed by atoms with Crippen LogP contribution in [0.1, 0.15) is 115 Å². The molecule has 0 heterocycles. The zero-order valence-corrected chi connectivity index (χ0v) is 20.1. The minimum Gasteiger partial charge on any atom is -0.374 e. The summed E-state index contributed by atoms with van der Waals surface area (Å²) in [7, 11) is 0. The molecule has 0 fully saturated rings. The van der Waals surface area contributed by atoms with Crippen LogP contribution in [-0.4, -0.2) is 11.4 Å². The van der Waals surface area contributed by atoms with E-state index >= 15 is 0 Å². The lowest BCUT2D eigenvalue weighted by molar-refractivity contribution is 0.355. The summed E-state index contributed by atoms with van der Waals surface area (Å²) >= 11 is 0. The zero-order chi connectivity index (χ0) is 20.1. The van der Waals surface area contributed by atoms with E-state index in [0.29, 0.717) is 0 Å². The number of unbranched alkanes of at least 4 members (excludes halogenated alkanes) is 15. The van der Waals surface area contributed by atoms with E-state index in [2.05, 4.69) is 48.7 Å². The summed E-state index contributed by atoms with van der Waals surface area (Å²) in [5.41, 5.74) is 1.37. The van der Waals surface area contributed by atoms with E-state index in [1.807, 2.05) is 6.20 Å². The van der Waals surface area contributed by atoms with Crippen LogP contribution in [0, 0.1) is 0 Å². The van der Waals surface area contributed by atoms with Crippen molar-refractivity contribution in [1.29, 1.82) is 0 Å². The highest BCUT2D eigenvalue weighted by atomic mass is 35.5. The molecule has 0 aliphatic carbocycles. The minimum atomic E-state index is 0. The van der Waals surface area contributed by atoms with E-state index in [0.717, 1.165) is 13.1 Å². The fraction of sp³-hybridized carbons (Fsp3) is 0.704. The van der Waals surface area contributed by atoms with Crippen LogP contribution in [0.15, 0.2) is 43.1 Å². The second-order valence-corrected chi connectivity index (χ2v) is 8.44. The van der Waals surface area contributed by atoms with Gasteiger partial charge < -0.3 is 4.90 Å². The summed E-state index contributed by atoms with van der Waals surface area (Å²) in [5, 5.41) is 0. The first kappa shape index (κ1) is 28.1. The smallest absolute Gasteiger partial charge is 0.0423 e. The number of hydrogen-bond donors (Lipinski definition) is 0. The third kappa shape index (κ3) is 17.6. The molecule has 0 aromatic heterocycles. The second kappa shape index (κ2) is 21.8. The Balaban J connectivity index is 0.00000784. The largest absolute Gasteiger partial charge is 0.374 e. The third-order valence-electron chi connectivity index (χ3n) is 5.79. The van der Waals surface area contributed by atoms with Crippen molar-refractivity contribution in [3.05, 3.63) is 48.7 Å². The van der Waals surface area contributed by atoms with Gasteiger partial charge in [0, 0.05) is 13.1 Å². The van der Waals surface area contributed by atoms with Crippen molar-refractivity contribution in [2.45, 2.75) is 116 Å². The highest BCUT2D eigenvalue weighted by molar-refractivity contribution is 5.85. The molecule has 0 atom stereocenters. The van der Waals surface area contributed by atoms with Gasteiger partial charge in [0.05, 0.1) is 0 Å². The maximum atomic E-state index is 3.98. The van der Waals surface area contributed by atoms with Gasteiger partial charge in [-0.2, -0.15) is 0 Å². The number of hydrogen-bond acceptors (Lipinski definition) is 1. The molecule has 0 aliphatic rings. The van der Waals surface area contributed by atoms with Crippen LogP contribution >= 0.6 is 12.4 Å². The molecule has 0 spiro atoms. The van der Waals surface area contributed by atoms with Crippen molar-refractivity contribution in [1.82, 2.24) is 4.90 Å². The topological polar surface area (TPSA) is 3.24 Å². The monoisotopic (exact) mass is 421 g/mol. The van der Waals surface area contributed by atoms with Crippen molar-refractivity contribution in [2.24, 2.45) is 0 Å². The van der Waals surface area contributed by atoms with E-state index in [4.69, 9.17) is 0 Å². The van der Waals surface area contributed by atoms with Gasteiger partial charge in [0.1, 0.15) is 0 Å². The number of halogens is 1. The lowest BCUT2D eigenvalue weighted by Crippen LogP contribution is -2.17. The predicted octanol–water partition coefficient (Wildman–Crippen LogP) is 9.32. The molecule has 2 heteroatoms. The predicted molar refractivity (Wildman–Crippen MR) is 134 cm³/mol. The van der Waals surface area contributed by atoms with Crippen LogP contribution in [0.5, 0.6) is 0 Å². The molecule has 0 amide bonds. The molecular weight excluding hydrogens is 374 g/mol. The Hall–Kier alpha value is -0.950. The molecule has 168 valence electrons. The summed E-state index contributed by atoms with van der Waals surface area (Å²) in [6, 6.07) is 10.7. The fourth-order valence-electron chi connectivity index (χ4n) is 3.92. The van der Waals surface area contributed by atoms with Crippen LogP contribution < -0.4 is 0 Å². The molecular formula is C27H48ClN. The van der Waals surface area contributed by atoms with Crippen LogP contribution in [-0.2, 0) is 6.54 Å². The third-order valence-corrected chi connectivity index (χ3v) is 5.79. The number of benzene rings is 1. The maximum absolute atomic E-state index is 3.98. The van der Waals surface area contributed by atoms with Gasteiger partial charge in [-0.1, -0.05) is 140 Å². The van der Waals surface area contributed by atoms with Crippen molar-refractivity contribution in [3.8, 4) is 0 Å². The van der Waals surface area contributed by atoms with Crippen LogP contribution in [0.3, 0.4) is 0 Å². The molecule has 1 aromatic rings. The van der Waals surface area contributed by atoms with E-state index in [9.17, 15) is 0 Å². The van der Waals surface area contributed by atoms with Gasteiger partial charge in [0.2, 0.25) is 0 Å². The Morgan fingerprint density at radius 1 is 0.655 bits per heavy atom. The first-order valence-corrected chi connectivity index (χ1v) is 12.3. The van der Waals surface area contributed by atoms with E-state index < -0.39 is 0 Å². The molecule has 0 saturated heterocycles. The summed E-state index contributed by atoms with van der Waals surface area (Å²) < 4.78 is 0. The lowest BCUT2D eigenvalue weighted by atomic mass is 10.0. The molecule has 0 radical (unpaired) electrons. The lowest BCUT2D eigenvalue weighted by Gasteiger charge is -2.20. The Kier molecular flexibility index (Phi) is 21.0. The zero-order valence-electron chi connectivity index (χ0n) is 19.3. The Labute approximate surface area is 188 Å². The second-order valence-electron chi connectivity index (χ2n) is 8.44. The Bertz CT molecular complexity index is 445. The Morgan fingerprint density at radius 3 is 1.48 bits per heavy atom. The number of rotatable bonds is 20.